The van der Waals surface area contributed by atoms with E-state index >= 15 is 0 Å². The number of rotatable bonds is 4. The van der Waals surface area contributed by atoms with Gasteiger partial charge in [0.2, 0.25) is 0 Å². The quantitative estimate of drug-likeness (QED) is 0.742. The van der Waals surface area contributed by atoms with Gasteiger partial charge < -0.3 is 0 Å². The number of hydrogen-bond acceptors (Lipinski definition) is 4. The fraction of sp³-hybridized carbons (Fsp3) is 0.316. The fourth-order valence-electron chi connectivity index (χ4n) is 4.12. The molecule has 2 aliphatic rings. The van der Waals surface area contributed by atoms with Crippen molar-refractivity contribution < 1.29 is 0 Å². The molecule has 0 spiro atoms. The van der Waals surface area contributed by atoms with Gasteiger partial charge in [-0.3, -0.25) is 4.90 Å². The number of nitrogens with zero attached hydrogens (tertiary/aromatic N) is 5. The molecule has 3 aromatic rings. The van der Waals surface area contributed by atoms with Crippen molar-refractivity contribution in [2.45, 2.75) is 12.5 Å². The van der Waals surface area contributed by atoms with Crippen LogP contribution in [0.3, 0.4) is 0 Å². The molecule has 0 N–H and O–H groups in total. The Labute approximate surface area is 140 Å². The number of tetrazole rings is 1. The summed E-state index contributed by atoms with van der Waals surface area (Å²) in [7, 11) is 0. The highest BCUT2D eigenvalue weighted by Gasteiger charge is 2.58. The lowest BCUT2D eigenvalue weighted by Gasteiger charge is -2.19. The zero-order chi connectivity index (χ0) is 15.9. The van der Waals surface area contributed by atoms with Gasteiger partial charge in [-0.1, -0.05) is 48.5 Å². The van der Waals surface area contributed by atoms with Crippen LogP contribution in [-0.2, 0) is 6.54 Å². The third-order valence-corrected chi connectivity index (χ3v) is 5.31. The minimum atomic E-state index is 0.507. The van der Waals surface area contributed by atoms with Crippen LogP contribution in [-0.4, -0.2) is 38.2 Å². The van der Waals surface area contributed by atoms with E-state index in [4.69, 9.17) is 0 Å². The summed E-state index contributed by atoms with van der Waals surface area (Å²) in [6, 6.07) is 20.9. The maximum atomic E-state index is 4.33. The number of fused-ring (bicyclic) bond motifs is 1. The summed E-state index contributed by atoms with van der Waals surface area (Å²) in [5.74, 6) is 2.92. The van der Waals surface area contributed by atoms with Crippen molar-refractivity contribution in [2.75, 3.05) is 13.1 Å². The summed E-state index contributed by atoms with van der Waals surface area (Å²) in [6.07, 6.45) is 0. The van der Waals surface area contributed by atoms with Crippen LogP contribution >= 0.6 is 0 Å². The summed E-state index contributed by atoms with van der Waals surface area (Å²) in [5, 5.41) is 12.5. The molecule has 1 saturated carbocycles. The Morgan fingerprint density at radius 2 is 1.54 bits per heavy atom. The number of hydrogen-bond donors (Lipinski definition) is 0. The summed E-state index contributed by atoms with van der Waals surface area (Å²) in [4.78, 5) is 2.55. The molecule has 2 atom stereocenters. The molecule has 1 saturated heterocycles. The Kier molecular flexibility index (Phi) is 3.19. The molecule has 2 unspecified atom stereocenters. The third kappa shape index (κ3) is 2.32. The van der Waals surface area contributed by atoms with Crippen molar-refractivity contribution in [2.24, 2.45) is 11.8 Å². The van der Waals surface area contributed by atoms with Gasteiger partial charge in [-0.25, -0.2) is 0 Å². The minimum Gasteiger partial charge on any atom is -0.298 e. The van der Waals surface area contributed by atoms with Crippen molar-refractivity contribution >= 4 is 0 Å². The second-order valence-electron chi connectivity index (χ2n) is 6.82. The molecule has 120 valence electrons. The Morgan fingerprint density at radius 3 is 2.25 bits per heavy atom. The van der Waals surface area contributed by atoms with E-state index in [9.17, 15) is 0 Å². The summed E-state index contributed by atoms with van der Waals surface area (Å²) >= 11 is 0. The largest absolute Gasteiger partial charge is 0.298 e. The smallest absolute Gasteiger partial charge is 0.160 e. The number of piperidine rings is 1. The number of benzene rings is 2. The van der Waals surface area contributed by atoms with Crippen LogP contribution < -0.4 is 0 Å². The Bertz CT molecular complexity index is 817. The van der Waals surface area contributed by atoms with E-state index in [0.717, 1.165) is 31.1 Å². The lowest BCUT2D eigenvalue weighted by atomic mass is 10.2. The molecule has 0 radical (unpaired) electrons. The van der Waals surface area contributed by atoms with Gasteiger partial charge in [-0.15, -0.1) is 5.10 Å². The van der Waals surface area contributed by atoms with Crippen molar-refractivity contribution in [3.05, 3.63) is 72.1 Å². The molecular weight excluding hydrogens is 298 g/mol. The van der Waals surface area contributed by atoms with E-state index in [-0.39, 0.29) is 0 Å². The molecule has 5 nitrogen and oxygen atoms in total. The van der Waals surface area contributed by atoms with Crippen LogP contribution in [0.25, 0.3) is 5.69 Å². The van der Waals surface area contributed by atoms with E-state index in [0.29, 0.717) is 17.8 Å². The fourth-order valence-corrected chi connectivity index (χ4v) is 4.12. The topological polar surface area (TPSA) is 46.8 Å². The Hall–Kier alpha value is -2.53. The highest BCUT2D eigenvalue weighted by Crippen LogP contribution is 2.57. The molecule has 5 heteroatoms. The van der Waals surface area contributed by atoms with Crippen LogP contribution in [0.4, 0.5) is 0 Å². The average Bonchev–Trinajstić information content (AvgIpc) is 3.01. The van der Waals surface area contributed by atoms with Crippen LogP contribution in [0.1, 0.15) is 17.3 Å². The molecule has 24 heavy (non-hydrogen) atoms. The summed E-state index contributed by atoms with van der Waals surface area (Å²) in [6.45, 7) is 3.34. The lowest BCUT2D eigenvalue weighted by Crippen LogP contribution is -2.24. The second kappa shape index (κ2) is 5.53. The van der Waals surface area contributed by atoms with Crippen molar-refractivity contribution in [1.82, 2.24) is 25.1 Å². The Morgan fingerprint density at radius 1 is 0.875 bits per heavy atom. The lowest BCUT2D eigenvalue weighted by molar-refractivity contribution is 0.288. The molecule has 0 amide bonds. The molecule has 1 aliphatic carbocycles. The van der Waals surface area contributed by atoms with Crippen LogP contribution in [0, 0.1) is 11.8 Å². The number of para-hydroxylation sites is 1. The molecule has 2 heterocycles. The first-order valence-corrected chi connectivity index (χ1v) is 8.50. The van der Waals surface area contributed by atoms with Crippen LogP contribution in [0.15, 0.2) is 60.7 Å². The maximum absolute atomic E-state index is 4.33. The van der Waals surface area contributed by atoms with E-state index in [1.54, 1.807) is 0 Å². The molecule has 2 fully saturated rings. The number of aromatic nitrogens is 4. The molecular formula is C19H19N5. The van der Waals surface area contributed by atoms with Gasteiger partial charge in [0.25, 0.3) is 0 Å². The van der Waals surface area contributed by atoms with Crippen molar-refractivity contribution in [1.29, 1.82) is 0 Å². The van der Waals surface area contributed by atoms with E-state index < -0.39 is 0 Å². The first kappa shape index (κ1) is 13.9. The summed E-state index contributed by atoms with van der Waals surface area (Å²) < 4.78 is 1.91. The van der Waals surface area contributed by atoms with Crippen LogP contribution in [0.2, 0.25) is 0 Å². The monoisotopic (exact) mass is 317 g/mol. The van der Waals surface area contributed by atoms with E-state index in [1.807, 2.05) is 22.9 Å². The van der Waals surface area contributed by atoms with Gasteiger partial charge in [0.05, 0.1) is 5.69 Å². The normalized spacial score (nSPS) is 25.6. The second-order valence-corrected chi connectivity index (χ2v) is 6.82. The van der Waals surface area contributed by atoms with Crippen LogP contribution in [0.5, 0.6) is 0 Å². The minimum absolute atomic E-state index is 0.507. The first-order valence-electron chi connectivity index (χ1n) is 8.50. The van der Waals surface area contributed by atoms with Gasteiger partial charge in [0.1, 0.15) is 0 Å². The molecule has 5 rings (SSSR count). The average molecular weight is 317 g/mol. The van der Waals surface area contributed by atoms with Crippen molar-refractivity contribution in [3.8, 4) is 5.69 Å². The molecule has 1 aliphatic heterocycles. The number of likely N-dealkylation sites (tertiary alicyclic amines) is 1. The first-order chi connectivity index (χ1) is 11.9. The van der Waals surface area contributed by atoms with Gasteiger partial charge >= 0.3 is 0 Å². The Balaban J connectivity index is 1.29. The summed E-state index contributed by atoms with van der Waals surface area (Å²) in [5.41, 5.74) is 2.44. The molecule has 0 bridgehead atoms. The standard InChI is InChI=1S/C19H19N5/c1-3-7-14(8-4-1)11-23-12-16-17(13-23)18(16)19-20-21-22-24(19)15-9-5-2-6-10-15/h1-10,16-18H,11-13H2. The molecule has 1 aromatic heterocycles. The van der Waals surface area contributed by atoms with Gasteiger partial charge in [-0.05, 0) is 40.0 Å². The van der Waals surface area contributed by atoms with E-state index in [1.165, 1.54) is 5.56 Å². The molecule has 2 aromatic carbocycles. The maximum Gasteiger partial charge on any atom is 0.160 e. The van der Waals surface area contributed by atoms with Gasteiger partial charge in [0.15, 0.2) is 5.82 Å². The van der Waals surface area contributed by atoms with Crippen molar-refractivity contribution in [3.63, 3.8) is 0 Å². The SMILES string of the molecule is c1ccc(CN2CC3C(C2)C3c2nnnn2-c2ccccc2)cc1. The van der Waals surface area contributed by atoms with Gasteiger partial charge in [0, 0.05) is 25.6 Å². The van der Waals surface area contributed by atoms with Gasteiger partial charge in [-0.2, -0.15) is 4.68 Å². The zero-order valence-corrected chi connectivity index (χ0v) is 13.4. The highest BCUT2D eigenvalue weighted by atomic mass is 15.5. The zero-order valence-electron chi connectivity index (χ0n) is 13.4. The van der Waals surface area contributed by atoms with E-state index in [2.05, 4.69) is 62.9 Å². The predicted molar refractivity (Wildman–Crippen MR) is 90.6 cm³/mol. The predicted octanol–water partition coefficient (Wildman–Crippen LogP) is 2.51. The highest BCUT2D eigenvalue weighted by molar-refractivity contribution is 5.33. The third-order valence-electron chi connectivity index (χ3n) is 5.31.